The zero-order valence-electron chi connectivity index (χ0n) is 9.31. The molecule has 1 aromatic carbocycles. The number of rotatable bonds is 3. The molecule has 2 amide bonds. The van der Waals surface area contributed by atoms with Gasteiger partial charge in [0.15, 0.2) is 0 Å². The van der Waals surface area contributed by atoms with E-state index >= 15 is 0 Å². The fourth-order valence-electron chi connectivity index (χ4n) is 1.10. The Hall–Kier alpha value is -1.62. The third kappa shape index (κ3) is 3.20. The van der Waals surface area contributed by atoms with Crippen LogP contribution in [0, 0.1) is 0 Å². The van der Waals surface area contributed by atoms with Gasteiger partial charge in [0.2, 0.25) is 0 Å². The molecule has 5 heteroatoms. The highest BCUT2D eigenvalue weighted by Gasteiger charge is 2.17. The lowest BCUT2D eigenvalue weighted by Gasteiger charge is -2.24. The average molecular weight is 237 g/mol. The highest BCUT2D eigenvalue weighted by atomic mass is 32.1. The summed E-state index contributed by atoms with van der Waals surface area (Å²) in [6.07, 6.45) is 0. The van der Waals surface area contributed by atoms with Gasteiger partial charge in [-0.15, -0.1) is 0 Å². The summed E-state index contributed by atoms with van der Waals surface area (Å²) < 4.78 is 0. The number of benzene rings is 1. The first-order valence-electron chi connectivity index (χ1n) is 4.90. The predicted octanol–water partition coefficient (Wildman–Crippen LogP) is 1.82. The zero-order chi connectivity index (χ0) is 12.1. The van der Waals surface area contributed by atoms with Gasteiger partial charge < -0.3 is 16.0 Å². The summed E-state index contributed by atoms with van der Waals surface area (Å²) in [5, 5.41) is 2.75. The molecule has 1 unspecified atom stereocenters. The molecule has 0 saturated heterocycles. The maximum atomic E-state index is 11.8. The van der Waals surface area contributed by atoms with E-state index in [0.29, 0.717) is 4.99 Å². The monoisotopic (exact) mass is 237 g/mol. The molecule has 3 N–H and O–H groups in total. The van der Waals surface area contributed by atoms with Gasteiger partial charge >= 0.3 is 6.03 Å². The van der Waals surface area contributed by atoms with E-state index < -0.39 is 0 Å². The lowest BCUT2D eigenvalue weighted by molar-refractivity contribution is 0.218. The molecule has 1 rings (SSSR count). The molecule has 0 fully saturated rings. The summed E-state index contributed by atoms with van der Waals surface area (Å²) in [5.41, 5.74) is 6.22. The van der Waals surface area contributed by atoms with Gasteiger partial charge in [-0.25, -0.2) is 4.79 Å². The zero-order valence-corrected chi connectivity index (χ0v) is 10.1. The van der Waals surface area contributed by atoms with Crippen molar-refractivity contribution in [3.63, 3.8) is 0 Å². The smallest absolute Gasteiger partial charge is 0.322 e. The molecule has 86 valence electrons. The Bertz CT molecular complexity index is 380. The molecule has 0 saturated carbocycles. The van der Waals surface area contributed by atoms with Crippen LogP contribution in [-0.4, -0.2) is 29.0 Å². The second-order valence-electron chi connectivity index (χ2n) is 3.49. The van der Waals surface area contributed by atoms with E-state index in [1.165, 1.54) is 4.90 Å². The Morgan fingerprint density at radius 2 is 2.00 bits per heavy atom. The number of hydrogen-bond donors (Lipinski definition) is 2. The molecule has 0 spiro atoms. The Balaban J connectivity index is 2.63. The van der Waals surface area contributed by atoms with Crippen molar-refractivity contribution in [2.75, 3.05) is 12.4 Å². The van der Waals surface area contributed by atoms with Gasteiger partial charge in [-0.2, -0.15) is 0 Å². The van der Waals surface area contributed by atoms with E-state index in [2.05, 4.69) is 5.32 Å². The molecule has 0 aliphatic carbocycles. The highest BCUT2D eigenvalue weighted by Crippen LogP contribution is 2.07. The van der Waals surface area contributed by atoms with Crippen molar-refractivity contribution in [2.45, 2.75) is 13.0 Å². The number of anilines is 1. The van der Waals surface area contributed by atoms with E-state index in [-0.39, 0.29) is 12.1 Å². The Morgan fingerprint density at radius 1 is 1.44 bits per heavy atom. The molecular formula is C11H15N3OS. The van der Waals surface area contributed by atoms with Gasteiger partial charge in [-0.05, 0) is 19.1 Å². The fraction of sp³-hybridized carbons (Fsp3) is 0.273. The normalized spacial score (nSPS) is 11.6. The first-order valence-corrected chi connectivity index (χ1v) is 5.31. The molecule has 0 aromatic heterocycles. The van der Waals surface area contributed by atoms with Crippen LogP contribution in [0.4, 0.5) is 10.5 Å². The summed E-state index contributed by atoms with van der Waals surface area (Å²) in [5.74, 6) is 0. The molecule has 0 aliphatic rings. The number of hydrogen-bond acceptors (Lipinski definition) is 2. The van der Waals surface area contributed by atoms with E-state index in [0.717, 1.165) is 5.69 Å². The number of urea groups is 1. The largest absolute Gasteiger partial charge is 0.392 e. The SMILES string of the molecule is CC(C(N)=S)N(C)C(=O)Nc1ccccc1. The maximum Gasteiger partial charge on any atom is 0.322 e. The molecule has 1 aromatic rings. The summed E-state index contributed by atoms with van der Waals surface area (Å²) in [7, 11) is 1.65. The highest BCUT2D eigenvalue weighted by molar-refractivity contribution is 7.80. The van der Waals surface area contributed by atoms with Gasteiger partial charge in [0.1, 0.15) is 0 Å². The minimum absolute atomic E-state index is 0.230. The molecule has 16 heavy (non-hydrogen) atoms. The van der Waals surface area contributed by atoms with Gasteiger partial charge in [-0.3, -0.25) is 0 Å². The lowest BCUT2D eigenvalue weighted by Crippen LogP contribution is -2.44. The second-order valence-corrected chi connectivity index (χ2v) is 3.96. The molecule has 1 atom stereocenters. The number of carbonyl (C=O) groups is 1. The van der Waals surface area contributed by atoms with Crippen molar-refractivity contribution in [3.05, 3.63) is 30.3 Å². The van der Waals surface area contributed by atoms with Crippen LogP contribution in [0.5, 0.6) is 0 Å². The van der Waals surface area contributed by atoms with Crippen LogP contribution in [-0.2, 0) is 0 Å². The Kier molecular flexibility index (Phi) is 4.25. The number of para-hydroxylation sites is 1. The fourth-order valence-corrected chi connectivity index (χ4v) is 1.26. The van der Waals surface area contributed by atoms with Crippen molar-refractivity contribution in [1.82, 2.24) is 4.90 Å². The molecule has 0 bridgehead atoms. The number of amides is 2. The topological polar surface area (TPSA) is 58.4 Å². The molecule has 4 nitrogen and oxygen atoms in total. The summed E-state index contributed by atoms with van der Waals surface area (Å²) in [4.78, 5) is 13.5. The van der Waals surface area contributed by atoms with Crippen LogP contribution >= 0.6 is 12.2 Å². The van der Waals surface area contributed by atoms with Crippen molar-refractivity contribution >= 4 is 28.9 Å². The van der Waals surface area contributed by atoms with Gasteiger partial charge in [0, 0.05) is 12.7 Å². The molecule has 0 radical (unpaired) electrons. The van der Waals surface area contributed by atoms with Crippen LogP contribution in [0.15, 0.2) is 30.3 Å². The standard InChI is InChI=1S/C11H15N3OS/c1-8(10(12)16)14(2)11(15)13-9-6-4-3-5-7-9/h3-8H,1-2H3,(H2,12,16)(H,13,15). The Morgan fingerprint density at radius 3 is 2.50 bits per heavy atom. The second kappa shape index (κ2) is 5.46. The van der Waals surface area contributed by atoms with E-state index in [1.807, 2.05) is 30.3 Å². The van der Waals surface area contributed by atoms with Crippen molar-refractivity contribution < 1.29 is 4.79 Å². The third-order valence-corrected chi connectivity index (χ3v) is 2.68. The lowest BCUT2D eigenvalue weighted by atomic mass is 10.3. The molecular weight excluding hydrogens is 222 g/mol. The number of nitrogens with one attached hydrogen (secondary N) is 1. The van der Waals surface area contributed by atoms with Crippen LogP contribution in [0.3, 0.4) is 0 Å². The summed E-state index contributed by atoms with van der Waals surface area (Å²) in [6, 6.07) is 8.73. The number of nitrogens with two attached hydrogens (primary N) is 1. The summed E-state index contributed by atoms with van der Waals surface area (Å²) in [6.45, 7) is 1.78. The van der Waals surface area contributed by atoms with Crippen LogP contribution < -0.4 is 11.1 Å². The average Bonchev–Trinajstić information content (AvgIpc) is 2.28. The van der Waals surface area contributed by atoms with Crippen molar-refractivity contribution in [1.29, 1.82) is 0 Å². The van der Waals surface area contributed by atoms with E-state index in [4.69, 9.17) is 18.0 Å². The molecule has 0 aliphatic heterocycles. The van der Waals surface area contributed by atoms with Gasteiger partial charge in [0.25, 0.3) is 0 Å². The quantitative estimate of drug-likeness (QED) is 0.788. The van der Waals surface area contributed by atoms with Crippen LogP contribution in [0.1, 0.15) is 6.92 Å². The van der Waals surface area contributed by atoms with Gasteiger partial charge in [-0.1, -0.05) is 30.4 Å². The van der Waals surface area contributed by atoms with E-state index in [1.54, 1.807) is 14.0 Å². The Labute approximate surface area is 100 Å². The van der Waals surface area contributed by atoms with Crippen LogP contribution in [0.25, 0.3) is 0 Å². The predicted molar refractivity (Wildman–Crippen MR) is 69.5 cm³/mol. The summed E-state index contributed by atoms with van der Waals surface area (Å²) >= 11 is 4.83. The molecule has 0 heterocycles. The minimum atomic E-state index is -0.265. The van der Waals surface area contributed by atoms with Crippen LogP contribution in [0.2, 0.25) is 0 Å². The number of nitrogens with zero attached hydrogens (tertiary/aromatic N) is 1. The first kappa shape index (κ1) is 12.4. The van der Waals surface area contributed by atoms with Crippen molar-refractivity contribution in [2.24, 2.45) is 5.73 Å². The third-order valence-electron chi connectivity index (χ3n) is 2.34. The number of carbonyl (C=O) groups excluding carboxylic acids is 1. The minimum Gasteiger partial charge on any atom is -0.392 e. The number of thiocarbonyl (C=S) groups is 1. The van der Waals surface area contributed by atoms with Gasteiger partial charge in [0.05, 0.1) is 11.0 Å². The van der Waals surface area contributed by atoms with E-state index in [9.17, 15) is 4.79 Å². The number of likely N-dealkylation sites (N-methyl/N-ethyl adjacent to an activating group) is 1. The van der Waals surface area contributed by atoms with Crippen molar-refractivity contribution in [3.8, 4) is 0 Å². The maximum absolute atomic E-state index is 11.8. The first-order chi connectivity index (χ1) is 7.52.